The first-order valence-electron chi connectivity index (χ1n) is 11.7. The molecule has 0 aliphatic heterocycles. The first-order valence-corrected chi connectivity index (χ1v) is 13.4. The van der Waals surface area contributed by atoms with Gasteiger partial charge in [-0.2, -0.15) is 0 Å². The van der Waals surface area contributed by atoms with Gasteiger partial charge in [-0.1, -0.05) is 47.1 Å². The largest absolute Gasteiger partial charge is 0.497 e. The minimum absolute atomic E-state index is 0.0151. The summed E-state index contributed by atoms with van der Waals surface area (Å²) < 4.78 is 12.7. The third-order valence-electron chi connectivity index (χ3n) is 5.54. The molecule has 0 radical (unpaired) electrons. The molecule has 202 valence electrons. The Bertz CT molecular complexity index is 1510. The number of halogens is 2. The number of amides is 2. The summed E-state index contributed by atoms with van der Waals surface area (Å²) in [5, 5.41) is 15.4. The van der Waals surface area contributed by atoms with Gasteiger partial charge in [0.2, 0.25) is 5.91 Å². The molecular weight excluding hydrogens is 561 g/mol. The lowest BCUT2D eigenvalue weighted by atomic mass is 10.2. The van der Waals surface area contributed by atoms with Gasteiger partial charge in [-0.05, 0) is 55.0 Å². The van der Waals surface area contributed by atoms with E-state index in [1.165, 1.54) is 17.8 Å². The van der Waals surface area contributed by atoms with E-state index in [0.29, 0.717) is 38.9 Å². The van der Waals surface area contributed by atoms with Gasteiger partial charge in [0.05, 0.1) is 42.8 Å². The molecule has 3 aromatic carbocycles. The number of methoxy groups -OCH3 is 2. The van der Waals surface area contributed by atoms with Crippen molar-refractivity contribution in [3.8, 4) is 17.2 Å². The van der Waals surface area contributed by atoms with Crippen LogP contribution in [0.2, 0.25) is 10.0 Å². The van der Waals surface area contributed by atoms with Crippen molar-refractivity contribution >= 4 is 52.5 Å². The number of aryl methyl sites for hydroxylation is 1. The summed E-state index contributed by atoms with van der Waals surface area (Å²) in [6.07, 6.45) is 0. The number of rotatable bonds is 10. The molecule has 0 aliphatic carbocycles. The Balaban J connectivity index is 1.60. The van der Waals surface area contributed by atoms with E-state index in [2.05, 4.69) is 20.8 Å². The van der Waals surface area contributed by atoms with Gasteiger partial charge < -0.3 is 20.1 Å². The fraction of sp³-hybridized carbons (Fsp3) is 0.185. The lowest BCUT2D eigenvalue weighted by Crippen LogP contribution is -2.25. The maximum Gasteiger partial charge on any atom is 0.253 e. The summed E-state index contributed by atoms with van der Waals surface area (Å²) in [5.41, 5.74) is 2.60. The Morgan fingerprint density at radius 3 is 2.54 bits per heavy atom. The quantitative estimate of drug-likeness (QED) is 0.234. The summed E-state index contributed by atoms with van der Waals surface area (Å²) in [6, 6.07) is 17.5. The molecule has 2 N–H and O–H groups in total. The molecule has 0 atom stereocenters. The van der Waals surface area contributed by atoms with Crippen molar-refractivity contribution in [2.75, 3.05) is 25.3 Å². The lowest BCUT2D eigenvalue weighted by molar-refractivity contribution is -0.113. The van der Waals surface area contributed by atoms with E-state index in [1.807, 2.05) is 31.2 Å². The first kappa shape index (κ1) is 28.3. The highest BCUT2D eigenvalue weighted by Crippen LogP contribution is 2.32. The fourth-order valence-electron chi connectivity index (χ4n) is 3.70. The number of nitrogens with zero attached hydrogens (tertiary/aromatic N) is 3. The molecular formula is C27H25Cl2N5O4S. The number of anilines is 1. The van der Waals surface area contributed by atoms with Gasteiger partial charge in [0.25, 0.3) is 5.91 Å². The molecule has 1 aromatic heterocycles. The number of thioether (sulfide) groups is 1. The molecule has 0 saturated heterocycles. The maximum absolute atomic E-state index is 12.8. The van der Waals surface area contributed by atoms with E-state index >= 15 is 0 Å². The first-order chi connectivity index (χ1) is 18.8. The number of benzene rings is 3. The van der Waals surface area contributed by atoms with Crippen LogP contribution >= 0.6 is 35.0 Å². The van der Waals surface area contributed by atoms with E-state index in [9.17, 15) is 9.59 Å². The number of carbonyl (C=O) groups excluding carboxylic acids is 2. The molecule has 0 bridgehead atoms. The molecule has 0 unspecified atom stereocenters. The Hall–Kier alpha value is -3.73. The van der Waals surface area contributed by atoms with Crippen LogP contribution in [0.5, 0.6) is 11.5 Å². The van der Waals surface area contributed by atoms with Gasteiger partial charge in [0.15, 0.2) is 11.0 Å². The van der Waals surface area contributed by atoms with Crippen molar-refractivity contribution in [2.45, 2.75) is 18.6 Å². The van der Waals surface area contributed by atoms with Crippen molar-refractivity contribution in [3.63, 3.8) is 0 Å². The number of aromatic nitrogens is 3. The summed E-state index contributed by atoms with van der Waals surface area (Å²) in [4.78, 5) is 25.5. The Morgan fingerprint density at radius 1 is 1.00 bits per heavy atom. The van der Waals surface area contributed by atoms with Crippen molar-refractivity contribution < 1.29 is 19.1 Å². The average Bonchev–Trinajstić information content (AvgIpc) is 3.32. The highest BCUT2D eigenvalue weighted by Gasteiger charge is 2.21. The Kier molecular flexibility index (Phi) is 9.34. The van der Waals surface area contributed by atoms with Crippen LogP contribution < -0.4 is 20.1 Å². The average molecular weight is 587 g/mol. The van der Waals surface area contributed by atoms with Crippen molar-refractivity contribution in [1.29, 1.82) is 0 Å². The van der Waals surface area contributed by atoms with Gasteiger partial charge in [-0.25, -0.2) is 0 Å². The molecule has 0 fully saturated rings. The molecule has 4 aromatic rings. The lowest BCUT2D eigenvalue weighted by Gasteiger charge is -2.15. The minimum atomic E-state index is -0.407. The second-order valence-corrected chi connectivity index (χ2v) is 10.1. The predicted octanol–water partition coefficient (Wildman–Crippen LogP) is 5.56. The van der Waals surface area contributed by atoms with Crippen LogP contribution in [0.25, 0.3) is 5.69 Å². The molecule has 2 amide bonds. The minimum Gasteiger partial charge on any atom is -0.497 e. The summed E-state index contributed by atoms with van der Waals surface area (Å²) in [7, 11) is 3.10. The van der Waals surface area contributed by atoms with E-state index in [0.717, 1.165) is 5.56 Å². The highest BCUT2D eigenvalue weighted by molar-refractivity contribution is 7.99. The van der Waals surface area contributed by atoms with E-state index < -0.39 is 5.91 Å². The fourth-order valence-corrected chi connectivity index (χ4v) is 4.96. The molecule has 9 nitrogen and oxygen atoms in total. The monoisotopic (exact) mass is 585 g/mol. The molecule has 0 aliphatic rings. The molecule has 0 spiro atoms. The van der Waals surface area contributed by atoms with E-state index in [-0.39, 0.29) is 28.8 Å². The van der Waals surface area contributed by atoms with Gasteiger partial charge in [0, 0.05) is 16.8 Å². The highest BCUT2D eigenvalue weighted by atomic mass is 35.5. The van der Waals surface area contributed by atoms with Gasteiger partial charge in [-0.15, -0.1) is 10.2 Å². The number of carbonyl (C=O) groups is 2. The van der Waals surface area contributed by atoms with E-state index in [1.54, 1.807) is 49.1 Å². The number of ether oxygens (including phenoxy) is 2. The normalized spacial score (nSPS) is 10.7. The topological polar surface area (TPSA) is 107 Å². The van der Waals surface area contributed by atoms with Gasteiger partial charge >= 0.3 is 0 Å². The van der Waals surface area contributed by atoms with Gasteiger partial charge in [-0.3, -0.25) is 14.2 Å². The SMILES string of the molecule is COc1ccc(OC)c(-n2c(CNC(=O)c3ccc(Cl)cc3Cl)nnc2SCC(=O)Nc2cccc(C)c2)c1. The predicted molar refractivity (Wildman–Crippen MR) is 153 cm³/mol. The number of nitrogens with one attached hydrogen (secondary N) is 2. The van der Waals surface area contributed by atoms with Crippen LogP contribution in [0.15, 0.2) is 65.8 Å². The zero-order valence-corrected chi connectivity index (χ0v) is 23.7. The Labute approximate surface area is 239 Å². The summed E-state index contributed by atoms with van der Waals surface area (Å²) >= 11 is 13.3. The zero-order valence-electron chi connectivity index (χ0n) is 21.3. The standard InChI is InChI=1S/C27H25Cl2N5O4S/c1-16-5-4-6-18(11-16)31-25(35)15-39-27-33-32-24(14-30-26(36)20-9-7-17(28)12-21(20)29)34(27)22-13-19(37-2)8-10-23(22)38-3/h4-13H,14-15H2,1-3H3,(H,30,36)(H,31,35). The van der Waals surface area contributed by atoms with Crippen LogP contribution in [0.3, 0.4) is 0 Å². The molecule has 0 saturated carbocycles. The van der Waals surface area contributed by atoms with Crippen LogP contribution in [0.1, 0.15) is 21.7 Å². The number of hydrogen-bond donors (Lipinski definition) is 2. The third-order valence-corrected chi connectivity index (χ3v) is 7.02. The van der Waals surface area contributed by atoms with Gasteiger partial charge in [0.1, 0.15) is 11.5 Å². The Morgan fingerprint density at radius 2 is 1.82 bits per heavy atom. The van der Waals surface area contributed by atoms with Crippen LogP contribution in [-0.4, -0.2) is 46.6 Å². The van der Waals surface area contributed by atoms with Crippen molar-refractivity contribution in [1.82, 2.24) is 20.1 Å². The van der Waals surface area contributed by atoms with Crippen LogP contribution in [-0.2, 0) is 11.3 Å². The van der Waals surface area contributed by atoms with Crippen LogP contribution in [0, 0.1) is 6.92 Å². The molecule has 12 heteroatoms. The smallest absolute Gasteiger partial charge is 0.253 e. The third kappa shape index (κ3) is 7.03. The second kappa shape index (κ2) is 12.9. The number of hydrogen-bond acceptors (Lipinski definition) is 7. The summed E-state index contributed by atoms with van der Waals surface area (Å²) in [6.45, 7) is 1.97. The molecule has 39 heavy (non-hydrogen) atoms. The maximum atomic E-state index is 12.8. The van der Waals surface area contributed by atoms with E-state index in [4.69, 9.17) is 32.7 Å². The van der Waals surface area contributed by atoms with Crippen molar-refractivity contribution in [2.24, 2.45) is 0 Å². The molecule has 4 rings (SSSR count). The van der Waals surface area contributed by atoms with Crippen molar-refractivity contribution in [3.05, 3.63) is 87.7 Å². The second-order valence-electron chi connectivity index (χ2n) is 8.29. The zero-order chi connectivity index (χ0) is 27.9. The molecule has 1 heterocycles. The van der Waals surface area contributed by atoms with Crippen LogP contribution in [0.4, 0.5) is 5.69 Å². The summed E-state index contributed by atoms with van der Waals surface area (Å²) in [5.74, 6) is 0.971.